The maximum atomic E-state index is 12.2. The second kappa shape index (κ2) is 5.60. The average molecular weight is 286 g/mol. The number of hydrogen-bond donors (Lipinski definition) is 2. The number of hydrogen-bond acceptors (Lipinski definition) is 3. The van der Waals surface area contributed by atoms with Crippen molar-refractivity contribution in [2.75, 3.05) is 13.1 Å². The Morgan fingerprint density at radius 1 is 1.10 bits per heavy atom. The van der Waals surface area contributed by atoms with Crippen LogP contribution in [0.1, 0.15) is 49.7 Å². The van der Waals surface area contributed by atoms with E-state index in [1.165, 1.54) is 18.4 Å². The lowest BCUT2D eigenvalue weighted by Crippen LogP contribution is -2.49. The number of carbonyl (C=O) groups is 2. The Morgan fingerprint density at radius 3 is 2.38 bits per heavy atom. The van der Waals surface area contributed by atoms with Gasteiger partial charge in [-0.1, -0.05) is 24.3 Å². The van der Waals surface area contributed by atoms with Crippen LogP contribution in [-0.4, -0.2) is 24.9 Å². The molecule has 3 rings (SSSR count). The number of imide groups is 1. The summed E-state index contributed by atoms with van der Waals surface area (Å²) in [6.07, 6.45) is 3.35. The first-order valence-corrected chi connectivity index (χ1v) is 7.75. The van der Waals surface area contributed by atoms with Crippen LogP contribution < -0.4 is 10.6 Å². The van der Waals surface area contributed by atoms with E-state index < -0.39 is 5.41 Å². The number of amides is 2. The van der Waals surface area contributed by atoms with Crippen LogP contribution in [0.3, 0.4) is 0 Å². The molecule has 21 heavy (non-hydrogen) atoms. The molecule has 2 fully saturated rings. The van der Waals surface area contributed by atoms with E-state index in [9.17, 15) is 9.59 Å². The summed E-state index contributed by atoms with van der Waals surface area (Å²) in [7, 11) is 0. The zero-order chi connectivity index (χ0) is 14.9. The van der Waals surface area contributed by atoms with Gasteiger partial charge in [-0.05, 0) is 56.3 Å². The maximum Gasteiger partial charge on any atom is 0.236 e. The highest BCUT2D eigenvalue weighted by atomic mass is 16.2. The minimum absolute atomic E-state index is 0.163. The number of benzene rings is 1. The van der Waals surface area contributed by atoms with E-state index in [1.807, 2.05) is 6.92 Å². The molecular formula is C17H22N2O2. The molecule has 0 aromatic heterocycles. The first-order valence-electron chi connectivity index (χ1n) is 7.75. The number of carbonyl (C=O) groups excluding carboxylic acids is 2. The molecule has 112 valence electrons. The van der Waals surface area contributed by atoms with Gasteiger partial charge in [0.1, 0.15) is 0 Å². The lowest BCUT2D eigenvalue weighted by atomic mass is 9.75. The van der Waals surface area contributed by atoms with Crippen LogP contribution in [0.2, 0.25) is 0 Å². The fourth-order valence-electron chi connectivity index (χ4n) is 3.36. The number of piperidine rings is 2. The zero-order valence-corrected chi connectivity index (χ0v) is 12.4. The summed E-state index contributed by atoms with van der Waals surface area (Å²) in [6.45, 7) is 4.08. The summed E-state index contributed by atoms with van der Waals surface area (Å²) >= 11 is 0. The molecule has 1 aromatic carbocycles. The topological polar surface area (TPSA) is 58.2 Å². The third kappa shape index (κ3) is 2.72. The van der Waals surface area contributed by atoms with Crippen molar-refractivity contribution in [1.29, 1.82) is 0 Å². The molecule has 2 saturated heterocycles. The monoisotopic (exact) mass is 286 g/mol. The van der Waals surface area contributed by atoms with Crippen molar-refractivity contribution >= 4 is 11.8 Å². The summed E-state index contributed by atoms with van der Waals surface area (Å²) in [5.74, 6) is 0.284. The lowest BCUT2D eigenvalue weighted by Gasteiger charge is -2.32. The Hall–Kier alpha value is -1.68. The van der Waals surface area contributed by atoms with Gasteiger partial charge in [-0.15, -0.1) is 0 Å². The van der Waals surface area contributed by atoms with E-state index in [2.05, 4.69) is 34.9 Å². The Bertz CT molecular complexity index is 546. The molecule has 4 heteroatoms. The quantitative estimate of drug-likeness (QED) is 0.816. The predicted molar refractivity (Wildman–Crippen MR) is 81.0 cm³/mol. The molecule has 0 bridgehead atoms. The van der Waals surface area contributed by atoms with Crippen molar-refractivity contribution in [3.8, 4) is 0 Å². The van der Waals surface area contributed by atoms with Crippen molar-refractivity contribution in [3.63, 3.8) is 0 Å². The molecule has 2 aliphatic heterocycles. The minimum Gasteiger partial charge on any atom is -0.317 e. The zero-order valence-electron chi connectivity index (χ0n) is 12.4. The first kappa shape index (κ1) is 14.3. The maximum absolute atomic E-state index is 12.2. The van der Waals surface area contributed by atoms with Crippen LogP contribution in [0.25, 0.3) is 0 Å². The standard InChI is InChI=1S/C17H22N2O2/c1-17(9-6-15(20)19-16(17)21)14-4-2-12(3-5-14)13-7-10-18-11-8-13/h2-5,13,18H,6-11H2,1H3,(H,19,20,21). The van der Waals surface area contributed by atoms with Crippen LogP contribution in [0, 0.1) is 0 Å². The van der Waals surface area contributed by atoms with E-state index in [4.69, 9.17) is 0 Å². The Morgan fingerprint density at radius 2 is 1.76 bits per heavy atom. The molecule has 2 heterocycles. The second-order valence-electron chi connectivity index (χ2n) is 6.36. The summed E-state index contributed by atoms with van der Waals surface area (Å²) < 4.78 is 0. The number of nitrogens with one attached hydrogen (secondary N) is 2. The highest BCUT2D eigenvalue weighted by Crippen LogP contribution is 2.33. The molecule has 1 atom stereocenters. The Kier molecular flexibility index (Phi) is 3.81. The lowest BCUT2D eigenvalue weighted by molar-refractivity contribution is -0.137. The van der Waals surface area contributed by atoms with Gasteiger partial charge in [-0.3, -0.25) is 14.9 Å². The summed E-state index contributed by atoms with van der Waals surface area (Å²) in [5, 5.41) is 5.84. The van der Waals surface area contributed by atoms with E-state index in [-0.39, 0.29) is 11.8 Å². The first-order chi connectivity index (χ1) is 10.1. The van der Waals surface area contributed by atoms with Gasteiger partial charge in [0.2, 0.25) is 11.8 Å². The third-order valence-corrected chi connectivity index (χ3v) is 4.96. The summed E-state index contributed by atoms with van der Waals surface area (Å²) in [4.78, 5) is 23.5. The van der Waals surface area contributed by atoms with E-state index in [0.717, 1.165) is 18.7 Å². The molecule has 1 unspecified atom stereocenters. The van der Waals surface area contributed by atoms with Gasteiger partial charge in [-0.25, -0.2) is 0 Å². The van der Waals surface area contributed by atoms with Gasteiger partial charge in [-0.2, -0.15) is 0 Å². The normalized spacial score (nSPS) is 27.5. The van der Waals surface area contributed by atoms with Gasteiger partial charge in [0.25, 0.3) is 0 Å². The number of rotatable bonds is 2. The van der Waals surface area contributed by atoms with E-state index >= 15 is 0 Å². The van der Waals surface area contributed by atoms with Crippen molar-refractivity contribution in [1.82, 2.24) is 10.6 Å². The van der Waals surface area contributed by atoms with Crippen LogP contribution in [0.5, 0.6) is 0 Å². The summed E-state index contributed by atoms with van der Waals surface area (Å²) in [6, 6.07) is 8.43. The SMILES string of the molecule is CC1(c2ccc(C3CCNCC3)cc2)CCC(=O)NC1=O. The smallest absolute Gasteiger partial charge is 0.236 e. The van der Waals surface area contributed by atoms with Gasteiger partial charge in [0, 0.05) is 6.42 Å². The van der Waals surface area contributed by atoms with E-state index in [1.54, 1.807) is 0 Å². The molecule has 4 nitrogen and oxygen atoms in total. The average Bonchev–Trinajstić information content (AvgIpc) is 2.52. The molecule has 2 aliphatic rings. The minimum atomic E-state index is -0.583. The van der Waals surface area contributed by atoms with Gasteiger partial charge >= 0.3 is 0 Å². The van der Waals surface area contributed by atoms with Crippen LogP contribution in [0.15, 0.2) is 24.3 Å². The largest absolute Gasteiger partial charge is 0.317 e. The van der Waals surface area contributed by atoms with Crippen LogP contribution in [0.4, 0.5) is 0 Å². The molecule has 0 spiro atoms. The van der Waals surface area contributed by atoms with Crippen LogP contribution in [-0.2, 0) is 15.0 Å². The molecule has 0 saturated carbocycles. The van der Waals surface area contributed by atoms with Crippen molar-refractivity contribution in [3.05, 3.63) is 35.4 Å². The van der Waals surface area contributed by atoms with Crippen molar-refractivity contribution < 1.29 is 9.59 Å². The molecular weight excluding hydrogens is 264 g/mol. The van der Waals surface area contributed by atoms with Crippen molar-refractivity contribution in [2.45, 2.75) is 43.9 Å². The third-order valence-electron chi connectivity index (χ3n) is 4.96. The van der Waals surface area contributed by atoms with Gasteiger partial charge < -0.3 is 5.32 Å². The fourth-order valence-corrected chi connectivity index (χ4v) is 3.36. The highest BCUT2D eigenvalue weighted by Gasteiger charge is 2.39. The predicted octanol–water partition coefficient (Wildman–Crippen LogP) is 1.85. The highest BCUT2D eigenvalue weighted by molar-refractivity contribution is 6.03. The molecule has 0 radical (unpaired) electrons. The molecule has 0 aliphatic carbocycles. The second-order valence-corrected chi connectivity index (χ2v) is 6.36. The molecule has 2 N–H and O–H groups in total. The molecule has 1 aromatic rings. The van der Waals surface area contributed by atoms with Gasteiger partial charge in [0.05, 0.1) is 5.41 Å². The van der Waals surface area contributed by atoms with E-state index in [0.29, 0.717) is 18.8 Å². The molecule has 2 amide bonds. The Balaban J connectivity index is 1.80. The van der Waals surface area contributed by atoms with Gasteiger partial charge in [0.15, 0.2) is 0 Å². The van der Waals surface area contributed by atoms with Crippen molar-refractivity contribution in [2.24, 2.45) is 0 Å². The Labute approximate surface area is 125 Å². The summed E-state index contributed by atoms with van der Waals surface area (Å²) in [5.41, 5.74) is 1.78. The fraction of sp³-hybridized carbons (Fsp3) is 0.529. The van der Waals surface area contributed by atoms with Crippen LogP contribution >= 0.6 is 0 Å².